The third-order valence-electron chi connectivity index (χ3n) is 3.53. The van der Waals surface area contributed by atoms with Crippen molar-refractivity contribution in [2.45, 2.75) is 13.0 Å². The summed E-state index contributed by atoms with van der Waals surface area (Å²) in [6.45, 7) is 1.57. The van der Waals surface area contributed by atoms with Gasteiger partial charge in [0.05, 0.1) is 17.0 Å². The van der Waals surface area contributed by atoms with Crippen LogP contribution in [0.5, 0.6) is 0 Å². The van der Waals surface area contributed by atoms with Crippen molar-refractivity contribution in [2.75, 3.05) is 5.32 Å². The first-order valence-corrected chi connectivity index (χ1v) is 8.11. The zero-order chi connectivity index (χ0) is 18.0. The predicted octanol–water partition coefficient (Wildman–Crippen LogP) is 4.01. The Kier molecular flexibility index (Phi) is 4.92. The van der Waals surface area contributed by atoms with Gasteiger partial charge in [0.1, 0.15) is 11.7 Å². The molecule has 0 radical (unpaired) electrons. The maximum absolute atomic E-state index is 12.5. The van der Waals surface area contributed by atoms with E-state index in [2.05, 4.69) is 10.4 Å². The average Bonchev–Trinajstić information content (AvgIpc) is 3.11. The van der Waals surface area contributed by atoms with Crippen LogP contribution in [0.25, 0.3) is 11.5 Å². The fraction of sp³-hybridized carbons (Fsp3) is 0.118. The van der Waals surface area contributed by atoms with Gasteiger partial charge in [-0.05, 0) is 43.3 Å². The molecule has 1 unspecified atom stereocenters. The van der Waals surface area contributed by atoms with Crippen molar-refractivity contribution in [1.29, 1.82) is 0 Å². The second kappa shape index (κ2) is 7.13. The number of furan rings is 1. The van der Waals surface area contributed by atoms with Gasteiger partial charge >= 0.3 is 0 Å². The van der Waals surface area contributed by atoms with Crippen LogP contribution in [0.2, 0.25) is 10.0 Å². The highest BCUT2D eigenvalue weighted by Crippen LogP contribution is 2.26. The molecule has 0 fully saturated rings. The molecule has 0 aliphatic carbocycles. The Morgan fingerprint density at radius 2 is 2.04 bits per heavy atom. The van der Waals surface area contributed by atoms with Crippen LogP contribution in [0.1, 0.15) is 13.0 Å². The zero-order valence-electron chi connectivity index (χ0n) is 13.1. The number of hydrogen-bond donors (Lipinski definition) is 1. The summed E-state index contributed by atoms with van der Waals surface area (Å²) in [4.78, 5) is 24.6. The number of halogens is 2. The third kappa shape index (κ3) is 3.75. The Morgan fingerprint density at radius 1 is 1.24 bits per heavy atom. The van der Waals surface area contributed by atoms with E-state index in [1.165, 1.54) is 18.4 Å². The molecule has 0 spiro atoms. The van der Waals surface area contributed by atoms with Gasteiger partial charge in [-0.1, -0.05) is 23.2 Å². The summed E-state index contributed by atoms with van der Waals surface area (Å²) >= 11 is 11.9. The number of carbonyl (C=O) groups is 1. The highest BCUT2D eigenvalue weighted by molar-refractivity contribution is 6.36. The maximum Gasteiger partial charge on any atom is 0.267 e. The van der Waals surface area contributed by atoms with Crippen LogP contribution in [0, 0.1) is 0 Å². The minimum absolute atomic E-state index is 0.303. The number of rotatable bonds is 4. The van der Waals surface area contributed by atoms with Crippen LogP contribution in [0.4, 0.5) is 5.69 Å². The van der Waals surface area contributed by atoms with Gasteiger partial charge in [-0.2, -0.15) is 5.10 Å². The minimum atomic E-state index is -0.853. The normalized spacial score (nSPS) is 12.0. The molecule has 2 aromatic heterocycles. The van der Waals surface area contributed by atoms with Gasteiger partial charge in [-0.25, -0.2) is 4.68 Å². The van der Waals surface area contributed by atoms with Crippen molar-refractivity contribution in [1.82, 2.24) is 9.78 Å². The number of nitrogens with zero attached hydrogens (tertiary/aromatic N) is 2. The molecule has 1 amide bonds. The second-order valence-electron chi connectivity index (χ2n) is 5.27. The van der Waals surface area contributed by atoms with E-state index >= 15 is 0 Å². The average molecular weight is 378 g/mol. The standard InChI is InChI=1S/C17H13Cl2N3O3/c1-10(17(24)20-13-5-4-11(18)9-12(13)19)22-16(23)7-6-14(21-22)15-3-2-8-25-15/h2-10H,1H3,(H,20,24). The van der Waals surface area contributed by atoms with Crippen molar-refractivity contribution in [2.24, 2.45) is 0 Å². The molecule has 0 saturated carbocycles. The Morgan fingerprint density at radius 3 is 2.72 bits per heavy atom. The van der Waals surface area contributed by atoms with Gasteiger partial charge in [0.15, 0.2) is 5.76 Å². The summed E-state index contributed by atoms with van der Waals surface area (Å²) in [5, 5.41) is 7.64. The number of aromatic nitrogens is 2. The van der Waals surface area contributed by atoms with Gasteiger partial charge in [-0.3, -0.25) is 9.59 Å². The lowest BCUT2D eigenvalue weighted by atomic mass is 10.2. The molecule has 3 rings (SSSR count). The van der Waals surface area contributed by atoms with E-state index in [0.717, 1.165) is 4.68 Å². The van der Waals surface area contributed by atoms with Crippen molar-refractivity contribution in [3.05, 3.63) is 69.1 Å². The molecule has 8 heteroatoms. The van der Waals surface area contributed by atoms with Crippen LogP contribution in [-0.4, -0.2) is 15.7 Å². The summed E-state index contributed by atoms with van der Waals surface area (Å²) in [6, 6.07) is 10.2. The van der Waals surface area contributed by atoms with Gasteiger partial charge in [0, 0.05) is 11.1 Å². The first kappa shape index (κ1) is 17.3. The summed E-state index contributed by atoms with van der Waals surface area (Å²) in [7, 11) is 0. The predicted molar refractivity (Wildman–Crippen MR) is 96.0 cm³/mol. The largest absolute Gasteiger partial charge is 0.463 e. The molecule has 0 saturated heterocycles. The number of carbonyl (C=O) groups excluding carboxylic acids is 1. The van der Waals surface area contributed by atoms with Crippen LogP contribution in [-0.2, 0) is 4.79 Å². The highest BCUT2D eigenvalue weighted by atomic mass is 35.5. The Hall–Kier alpha value is -2.57. The van der Waals surface area contributed by atoms with Crippen molar-refractivity contribution in [3.63, 3.8) is 0 Å². The van der Waals surface area contributed by atoms with E-state index < -0.39 is 17.5 Å². The lowest BCUT2D eigenvalue weighted by Gasteiger charge is -2.15. The number of amides is 1. The minimum Gasteiger partial charge on any atom is -0.463 e. The van der Waals surface area contributed by atoms with Crippen molar-refractivity contribution in [3.8, 4) is 11.5 Å². The molecule has 1 N–H and O–H groups in total. The Bertz CT molecular complexity index is 968. The summed E-state index contributed by atoms with van der Waals surface area (Å²) < 4.78 is 6.36. The molecule has 0 aliphatic heterocycles. The molecular weight excluding hydrogens is 365 g/mol. The topological polar surface area (TPSA) is 77.1 Å². The van der Waals surface area contributed by atoms with Crippen molar-refractivity contribution < 1.29 is 9.21 Å². The quantitative estimate of drug-likeness (QED) is 0.744. The van der Waals surface area contributed by atoms with Gasteiger partial charge in [-0.15, -0.1) is 0 Å². The number of anilines is 1. The second-order valence-corrected chi connectivity index (χ2v) is 6.11. The molecule has 2 heterocycles. The third-order valence-corrected chi connectivity index (χ3v) is 4.08. The van der Waals surface area contributed by atoms with E-state index in [-0.39, 0.29) is 0 Å². The van der Waals surface area contributed by atoms with Gasteiger partial charge < -0.3 is 9.73 Å². The summed E-state index contributed by atoms with van der Waals surface area (Å²) in [5.41, 5.74) is 0.451. The molecule has 25 heavy (non-hydrogen) atoms. The van der Waals surface area contributed by atoms with E-state index in [4.69, 9.17) is 27.6 Å². The van der Waals surface area contributed by atoms with Gasteiger partial charge in [0.2, 0.25) is 5.91 Å². The van der Waals surface area contributed by atoms with E-state index in [0.29, 0.717) is 27.2 Å². The van der Waals surface area contributed by atoms with Crippen LogP contribution < -0.4 is 10.9 Å². The monoisotopic (exact) mass is 377 g/mol. The zero-order valence-corrected chi connectivity index (χ0v) is 14.6. The first-order valence-electron chi connectivity index (χ1n) is 7.35. The van der Waals surface area contributed by atoms with E-state index in [9.17, 15) is 9.59 Å². The molecule has 6 nitrogen and oxygen atoms in total. The number of benzene rings is 1. The lowest BCUT2D eigenvalue weighted by molar-refractivity contribution is -0.119. The van der Waals surface area contributed by atoms with Crippen LogP contribution in [0.3, 0.4) is 0 Å². The van der Waals surface area contributed by atoms with E-state index in [1.54, 1.807) is 37.3 Å². The molecule has 3 aromatic rings. The summed E-state index contributed by atoms with van der Waals surface area (Å²) in [5.74, 6) is 0.0671. The molecule has 1 atom stereocenters. The fourth-order valence-corrected chi connectivity index (χ4v) is 2.65. The molecule has 1 aromatic carbocycles. The van der Waals surface area contributed by atoms with Crippen molar-refractivity contribution >= 4 is 34.8 Å². The smallest absolute Gasteiger partial charge is 0.267 e. The molecule has 128 valence electrons. The van der Waals surface area contributed by atoms with Crippen LogP contribution in [0.15, 0.2) is 57.9 Å². The molecule has 0 bridgehead atoms. The molecular formula is C17H13Cl2N3O3. The Labute approximate surface area is 153 Å². The Balaban J connectivity index is 1.87. The van der Waals surface area contributed by atoms with Crippen LogP contribution >= 0.6 is 23.2 Å². The molecule has 0 aliphatic rings. The summed E-state index contributed by atoms with van der Waals surface area (Å²) in [6.07, 6.45) is 1.51. The lowest BCUT2D eigenvalue weighted by Crippen LogP contribution is -2.33. The fourth-order valence-electron chi connectivity index (χ4n) is 2.20. The first-order chi connectivity index (χ1) is 12.0. The number of nitrogens with one attached hydrogen (secondary N) is 1. The number of hydrogen-bond acceptors (Lipinski definition) is 4. The highest BCUT2D eigenvalue weighted by Gasteiger charge is 2.19. The SMILES string of the molecule is CC(C(=O)Nc1ccc(Cl)cc1Cl)n1nc(-c2ccco2)ccc1=O. The van der Waals surface area contributed by atoms with E-state index in [1.807, 2.05) is 0 Å². The van der Waals surface area contributed by atoms with Gasteiger partial charge in [0.25, 0.3) is 5.56 Å². The maximum atomic E-state index is 12.5.